The predicted molar refractivity (Wildman–Crippen MR) is 76.0 cm³/mol. The van der Waals surface area contributed by atoms with Gasteiger partial charge in [0, 0.05) is 24.8 Å². The number of hydrogen-bond acceptors (Lipinski definition) is 3. The van der Waals surface area contributed by atoms with Gasteiger partial charge in [0.25, 0.3) is 0 Å². The van der Waals surface area contributed by atoms with Crippen LogP contribution in [0.2, 0.25) is 0 Å². The molecule has 0 saturated heterocycles. The van der Waals surface area contributed by atoms with Crippen molar-refractivity contribution in [1.82, 2.24) is 4.90 Å². The highest BCUT2D eigenvalue weighted by Gasteiger charge is 2.17. The Morgan fingerprint density at radius 3 is 2.39 bits per heavy atom. The molecule has 0 heterocycles. The molecule has 4 nitrogen and oxygen atoms in total. The van der Waals surface area contributed by atoms with Gasteiger partial charge >= 0.3 is 5.97 Å². The smallest absolute Gasteiger partial charge is 0.305 e. The van der Waals surface area contributed by atoms with Crippen molar-refractivity contribution in [3.8, 4) is 0 Å². The SMILES string of the molecule is CCCCSCCC(=O)N(CCC(=O)O)C(C)C. The highest BCUT2D eigenvalue weighted by Crippen LogP contribution is 2.09. The molecule has 0 unspecified atom stereocenters. The van der Waals surface area contributed by atoms with Crippen molar-refractivity contribution in [2.45, 2.75) is 52.5 Å². The fourth-order valence-electron chi connectivity index (χ4n) is 1.54. The molecule has 0 bridgehead atoms. The van der Waals surface area contributed by atoms with E-state index in [1.54, 1.807) is 16.7 Å². The summed E-state index contributed by atoms with van der Waals surface area (Å²) >= 11 is 1.80. The summed E-state index contributed by atoms with van der Waals surface area (Å²) in [6, 6.07) is 0.0671. The molecule has 0 rings (SSSR count). The van der Waals surface area contributed by atoms with Crippen LogP contribution in [0.5, 0.6) is 0 Å². The van der Waals surface area contributed by atoms with E-state index in [0.717, 1.165) is 11.5 Å². The van der Waals surface area contributed by atoms with Crippen LogP contribution in [0, 0.1) is 0 Å². The lowest BCUT2D eigenvalue weighted by molar-refractivity contribution is -0.139. The van der Waals surface area contributed by atoms with Crippen LogP contribution in [0.15, 0.2) is 0 Å². The van der Waals surface area contributed by atoms with Crippen LogP contribution in [0.25, 0.3) is 0 Å². The summed E-state index contributed by atoms with van der Waals surface area (Å²) in [5, 5.41) is 8.66. The summed E-state index contributed by atoms with van der Waals surface area (Å²) in [6.07, 6.45) is 2.89. The number of nitrogens with zero attached hydrogens (tertiary/aromatic N) is 1. The minimum atomic E-state index is -0.856. The Morgan fingerprint density at radius 1 is 1.22 bits per heavy atom. The zero-order valence-electron chi connectivity index (χ0n) is 11.6. The van der Waals surface area contributed by atoms with Crippen LogP contribution in [-0.4, -0.2) is 46.0 Å². The van der Waals surface area contributed by atoms with E-state index in [-0.39, 0.29) is 18.4 Å². The van der Waals surface area contributed by atoms with Gasteiger partial charge in [-0.05, 0) is 26.0 Å². The zero-order valence-corrected chi connectivity index (χ0v) is 12.5. The number of carboxylic acid groups (broad SMARTS) is 1. The maximum atomic E-state index is 11.9. The number of unbranched alkanes of at least 4 members (excludes halogenated alkanes) is 1. The molecule has 0 atom stereocenters. The van der Waals surface area contributed by atoms with E-state index < -0.39 is 5.97 Å². The van der Waals surface area contributed by atoms with Gasteiger partial charge in [-0.3, -0.25) is 9.59 Å². The molecule has 0 radical (unpaired) electrons. The van der Waals surface area contributed by atoms with Crippen molar-refractivity contribution in [2.75, 3.05) is 18.1 Å². The highest BCUT2D eigenvalue weighted by atomic mass is 32.2. The molecule has 0 fully saturated rings. The third-order valence-electron chi connectivity index (χ3n) is 2.61. The van der Waals surface area contributed by atoms with Crippen molar-refractivity contribution >= 4 is 23.6 Å². The molecule has 0 aliphatic heterocycles. The lowest BCUT2D eigenvalue weighted by Crippen LogP contribution is -2.38. The summed E-state index contributed by atoms with van der Waals surface area (Å²) in [4.78, 5) is 24.1. The van der Waals surface area contributed by atoms with Crippen LogP contribution < -0.4 is 0 Å². The van der Waals surface area contributed by atoms with Gasteiger partial charge in [-0.15, -0.1) is 0 Å². The molecule has 0 saturated carbocycles. The third-order valence-corrected chi connectivity index (χ3v) is 3.68. The largest absolute Gasteiger partial charge is 0.481 e. The average molecular weight is 275 g/mol. The minimum absolute atomic E-state index is 0.0207. The first kappa shape index (κ1) is 17.3. The lowest BCUT2D eigenvalue weighted by Gasteiger charge is -2.26. The molecule has 5 heteroatoms. The molecule has 18 heavy (non-hydrogen) atoms. The summed E-state index contributed by atoms with van der Waals surface area (Å²) in [5.41, 5.74) is 0. The molecule has 1 amide bonds. The zero-order chi connectivity index (χ0) is 14.0. The van der Waals surface area contributed by atoms with E-state index in [9.17, 15) is 9.59 Å². The number of carbonyl (C=O) groups is 2. The number of hydrogen-bond donors (Lipinski definition) is 1. The molecule has 106 valence electrons. The van der Waals surface area contributed by atoms with E-state index in [0.29, 0.717) is 13.0 Å². The van der Waals surface area contributed by atoms with Gasteiger partial charge in [-0.2, -0.15) is 11.8 Å². The molecule has 1 N–H and O–H groups in total. The highest BCUT2D eigenvalue weighted by molar-refractivity contribution is 7.99. The van der Waals surface area contributed by atoms with Crippen LogP contribution in [0.4, 0.5) is 0 Å². The monoisotopic (exact) mass is 275 g/mol. The van der Waals surface area contributed by atoms with E-state index in [2.05, 4.69) is 6.92 Å². The summed E-state index contributed by atoms with van der Waals surface area (Å²) < 4.78 is 0. The van der Waals surface area contributed by atoms with Gasteiger partial charge in [-0.1, -0.05) is 13.3 Å². The normalized spacial score (nSPS) is 10.7. The van der Waals surface area contributed by atoms with Gasteiger partial charge in [0.1, 0.15) is 0 Å². The third kappa shape index (κ3) is 8.39. The first-order valence-corrected chi connectivity index (χ1v) is 7.73. The van der Waals surface area contributed by atoms with Crippen LogP contribution in [-0.2, 0) is 9.59 Å². The topological polar surface area (TPSA) is 57.6 Å². The predicted octanol–water partition coefficient (Wildman–Crippen LogP) is 2.62. The molecular weight excluding hydrogens is 250 g/mol. The molecule has 0 aromatic rings. The van der Waals surface area contributed by atoms with Gasteiger partial charge < -0.3 is 10.0 Å². The maximum Gasteiger partial charge on any atom is 0.305 e. The fraction of sp³-hybridized carbons (Fsp3) is 0.846. The van der Waals surface area contributed by atoms with Crippen molar-refractivity contribution in [3.05, 3.63) is 0 Å². The van der Waals surface area contributed by atoms with E-state index in [1.165, 1.54) is 12.8 Å². The first-order chi connectivity index (χ1) is 8.49. The Morgan fingerprint density at radius 2 is 1.89 bits per heavy atom. The van der Waals surface area contributed by atoms with Gasteiger partial charge in [0.05, 0.1) is 6.42 Å². The second-order valence-electron chi connectivity index (χ2n) is 4.54. The van der Waals surface area contributed by atoms with Gasteiger partial charge in [-0.25, -0.2) is 0 Å². The van der Waals surface area contributed by atoms with E-state index in [1.807, 2.05) is 13.8 Å². The number of aliphatic carboxylic acids is 1. The maximum absolute atomic E-state index is 11.9. The van der Waals surface area contributed by atoms with Crippen LogP contribution in [0.1, 0.15) is 46.5 Å². The fourth-order valence-corrected chi connectivity index (χ4v) is 2.55. The Hall–Kier alpha value is -0.710. The first-order valence-electron chi connectivity index (χ1n) is 6.58. The van der Waals surface area contributed by atoms with Crippen molar-refractivity contribution in [2.24, 2.45) is 0 Å². The molecule has 0 aliphatic carbocycles. The number of carbonyl (C=O) groups excluding carboxylic acids is 1. The number of rotatable bonds is 10. The van der Waals surface area contributed by atoms with Gasteiger partial charge in [0.15, 0.2) is 0 Å². The molecule has 0 aliphatic rings. The Balaban J connectivity index is 3.95. The lowest BCUT2D eigenvalue weighted by atomic mass is 10.2. The summed E-state index contributed by atoms with van der Waals surface area (Å²) in [7, 11) is 0. The quantitative estimate of drug-likeness (QED) is 0.623. The Labute approximate surface area is 114 Å². The summed E-state index contributed by atoms with van der Waals surface area (Å²) in [5.74, 6) is 1.14. The molecule has 0 aromatic heterocycles. The second-order valence-corrected chi connectivity index (χ2v) is 5.77. The van der Waals surface area contributed by atoms with Gasteiger partial charge in [0.2, 0.25) is 5.91 Å². The molecular formula is C13H25NO3S. The van der Waals surface area contributed by atoms with Crippen molar-refractivity contribution in [1.29, 1.82) is 0 Å². The van der Waals surface area contributed by atoms with E-state index >= 15 is 0 Å². The van der Waals surface area contributed by atoms with Crippen LogP contribution in [0.3, 0.4) is 0 Å². The second kappa shape index (κ2) is 10.2. The van der Waals surface area contributed by atoms with Crippen molar-refractivity contribution in [3.63, 3.8) is 0 Å². The van der Waals surface area contributed by atoms with Crippen molar-refractivity contribution < 1.29 is 14.7 Å². The molecule has 0 aromatic carbocycles. The standard InChI is InChI=1S/C13H25NO3S/c1-4-5-9-18-10-7-12(15)14(11(2)3)8-6-13(16)17/h11H,4-10H2,1-3H3,(H,16,17). The van der Waals surface area contributed by atoms with E-state index in [4.69, 9.17) is 5.11 Å². The average Bonchev–Trinajstić information content (AvgIpc) is 2.28. The minimum Gasteiger partial charge on any atom is -0.481 e. The Kier molecular flexibility index (Phi) is 9.83. The molecule has 0 spiro atoms. The summed E-state index contributed by atoms with van der Waals surface area (Å²) in [6.45, 7) is 6.30. The Bertz CT molecular complexity index is 257. The number of carboxylic acids is 1. The number of thioether (sulfide) groups is 1. The number of amides is 1. The van der Waals surface area contributed by atoms with Crippen LogP contribution >= 0.6 is 11.8 Å².